The molecule has 2 rings (SSSR count). The summed E-state index contributed by atoms with van der Waals surface area (Å²) < 4.78 is 2.07. The minimum atomic E-state index is 0.692. The molecule has 3 nitrogen and oxygen atoms in total. The Morgan fingerprint density at radius 3 is 3.17 bits per heavy atom. The molecule has 1 aliphatic carbocycles. The van der Waals surface area contributed by atoms with E-state index < -0.39 is 0 Å². The van der Waals surface area contributed by atoms with E-state index in [-0.39, 0.29) is 0 Å². The second kappa shape index (κ2) is 2.90. The van der Waals surface area contributed by atoms with Crippen LogP contribution in [0.25, 0.3) is 0 Å². The van der Waals surface area contributed by atoms with Gasteiger partial charge < -0.3 is 5.73 Å². The first-order chi connectivity index (χ1) is 5.86. The molecular formula is C9H15N3. The summed E-state index contributed by atoms with van der Waals surface area (Å²) in [5, 5.41) is 4.24. The molecule has 0 saturated heterocycles. The smallest absolute Gasteiger partial charge is 0.0492 e. The van der Waals surface area contributed by atoms with Gasteiger partial charge in [0.15, 0.2) is 0 Å². The van der Waals surface area contributed by atoms with Crippen LogP contribution >= 0.6 is 0 Å². The van der Waals surface area contributed by atoms with Gasteiger partial charge in [0.05, 0.1) is 0 Å². The molecule has 2 unspecified atom stereocenters. The summed E-state index contributed by atoms with van der Waals surface area (Å²) in [5.41, 5.74) is 6.96. The molecule has 2 N–H and O–H groups in total. The van der Waals surface area contributed by atoms with Crippen molar-refractivity contribution in [2.45, 2.75) is 25.8 Å². The largest absolute Gasteiger partial charge is 0.330 e. The van der Waals surface area contributed by atoms with E-state index in [1.807, 2.05) is 6.20 Å². The number of nitrogens with two attached hydrogens (primary N) is 1. The van der Waals surface area contributed by atoms with Crippen LogP contribution in [0.5, 0.6) is 0 Å². The molecule has 1 aromatic heterocycles. The first-order valence-corrected chi connectivity index (χ1v) is 4.58. The van der Waals surface area contributed by atoms with Crippen molar-refractivity contribution in [2.24, 2.45) is 11.7 Å². The average molecular weight is 165 g/mol. The van der Waals surface area contributed by atoms with Gasteiger partial charge in [-0.2, -0.15) is 5.10 Å². The van der Waals surface area contributed by atoms with Crippen LogP contribution in [0.2, 0.25) is 0 Å². The normalized spacial score (nSPS) is 27.5. The lowest BCUT2D eigenvalue weighted by Gasteiger charge is -2.02. The lowest BCUT2D eigenvalue weighted by molar-refractivity contribution is 0.613. The number of aromatic nitrogens is 2. The molecule has 1 fully saturated rings. The Labute approximate surface area is 72.6 Å². The first-order valence-electron chi connectivity index (χ1n) is 4.58. The topological polar surface area (TPSA) is 43.8 Å². The van der Waals surface area contributed by atoms with Gasteiger partial charge in [0.1, 0.15) is 0 Å². The fraction of sp³-hybridized carbons (Fsp3) is 0.667. The predicted octanol–water partition coefficient (Wildman–Crippen LogP) is 0.965. The number of rotatable bonds is 3. The van der Waals surface area contributed by atoms with E-state index in [0.29, 0.717) is 11.8 Å². The van der Waals surface area contributed by atoms with Crippen molar-refractivity contribution in [3.8, 4) is 0 Å². The highest BCUT2D eigenvalue weighted by molar-refractivity contribution is 5.17. The van der Waals surface area contributed by atoms with Crippen LogP contribution in [0.3, 0.4) is 0 Å². The van der Waals surface area contributed by atoms with Crippen LogP contribution in [0.15, 0.2) is 12.3 Å². The van der Waals surface area contributed by atoms with E-state index in [1.165, 1.54) is 12.1 Å². The molecule has 1 heterocycles. The molecule has 3 heteroatoms. The monoisotopic (exact) mass is 165 g/mol. The molecule has 0 spiro atoms. The standard InChI is InChI=1S/C9H15N3/c1-2-12-9(3-4-11-12)8-5-7(8)6-10/h3-4,7-8H,2,5-6,10H2,1H3. The van der Waals surface area contributed by atoms with Crippen molar-refractivity contribution >= 4 is 0 Å². The second-order valence-electron chi connectivity index (χ2n) is 3.41. The first kappa shape index (κ1) is 7.80. The molecule has 12 heavy (non-hydrogen) atoms. The number of aryl methyl sites for hydroxylation is 1. The molecule has 0 radical (unpaired) electrons. The summed E-state index contributed by atoms with van der Waals surface area (Å²) in [7, 11) is 0. The van der Waals surface area contributed by atoms with Gasteiger partial charge in [-0.25, -0.2) is 0 Å². The van der Waals surface area contributed by atoms with Gasteiger partial charge in [0.25, 0.3) is 0 Å². The van der Waals surface area contributed by atoms with E-state index in [0.717, 1.165) is 13.1 Å². The Kier molecular flexibility index (Phi) is 1.89. The fourth-order valence-corrected chi connectivity index (χ4v) is 1.79. The van der Waals surface area contributed by atoms with Gasteiger partial charge in [-0.15, -0.1) is 0 Å². The van der Waals surface area contributed by atoms with Gasteiger partial charge >= 0.3 is 0 Å². The molecule has 2 atom stereocenters. The molecule has 1 aromatic rings. The zero-order valence-corrected chi connectivity index (χ0v) is 7.40. The lowest BCUT2D eigenvalue weighted by atomic mass is 10.2. The van der Waals surface area contributed by atoms with E-state index >= 15 is 0 Å². The van der Waals surface area contributed by atoms with E-state index in [4.69, 9.17) is 5.73 Å². The third-order valence-corrected chi connectivity index (χ3v) is 2.65. The van der Waals surface area contributed by atoms with Crippen molar-refractivity contribution in [3.05, 3.63) is 18.0 Å². The number of hydrogen-bond acceptors (Lipinski definition) is 2. The summed E-state index contributed by atoms with van der Waals surface area (Å²) >= 11 is 0. The second-order valence-corrected chi connectivity index (χ2v) is 3.41. The number of hydrogen-bond donors (Lipinski definition) is 1. The van der Waals surface area contributed by atoms with Crippen LogP contribution < -0.4 is 5.73 Å². The van der Waals surface area contributed by atoms with E-state index in [2.05, 4.69) is 22.8 Å². The summed E-state index contributed by atoms with van der Waals surface area (Å²) in [6.07, 6.45) is 3.13. The minimum absolute atomic E-state index is 0.692. The highest BCUT2D eigenvalue weighted by Gasteiger charge is 2.38. The summed E-state index contributed by atoms with van der Waals surface area (Å²) in [4.78, 5) is 0. The van der Waals surface area contributed by atoms with Crippen molar-refractivity contribution in [2.75, 3.05) is 6.54 Å². The Balaban J connectivity index is 2.13. The average Bonchev–Trinajstić information content (AvgIpc) is 2.74. The van der Waals surface area contributed by atoms with Gasteiger partial charge in [-0.1, -0.05) is 0 Å². The van der Waals surface area contributed by atoms with Crippen molar-refractivity contribution in [1.29, 1.82) is 0 Å². The molecule has 0 amide bonds. The highest BCUT2D eigenvalue weighted by Crippen LogP contribution is 2.46. The van der Waals surface area contributed by atoms with Gasteiger partial charge in [0.2, 0.25) is 0 Å². The minimum Gasteiger partial charge on any atom is -0.330 e. The molecule has 0 aliphatic heterocycles. The Bertz CT molecular complexity index is 266. The third kappa shape index (κ3) is 1.14. The molecule has 1 saturated carbocycles. The maximum Gasteiger partial charge on any atom is 0.0492 e. The predicted molar refractivity (Wildman–Crippen MR) is 47.8 cm³/mol. The molecular weight excluding hydrogens is 150 g/mol. The van der Waals surface area contributed by atoms with Crippen molar-refractivity contribution < 1.29 is 0 Å². The van der Waals surface area contributed by atoms with Crippen LogP contribution in [0, 0.1) is 5.92 Å². The summed E-state index contributed by atoms with van der Waals surface area (Å²) in [6, 6.07) is 2.11. The zero-order valence-electron chi connectivity index (χ0n) is 7.40. The van der Waals surface area contributed by atoms with Crippen LogP contribution in [0.1, 0.15) is 25.0 Å². The molecule has 66 valence electrons. The highest BCUT2D eigenvalue weighted by atomic mass is 15.3. The quantitative estimate of drug-likeness (QED) is 0.725. The lowest BCUT2D eigenvalue weighted by Crippen LogP contribution is -2.05. The van der Waals surface area contributed by atoms with Crippen molar-refractivity contribution in [3.63, 3.8) is 0 Å². The third-order valence-electron chi connectivity index (χ3n) is 2.65. The molecule has 0 aromatic carbocycles. The Hall–Kier alpha value is -0.830. The SMILES string of the molecule is CCn1nccc1C1CC1CN. The van der Waals surface area contributed by atoms with Crippen LogP contribution in [-0.4, -0.2) is 16.3 Å². The van der Waals surface area contributed by atoms with Crippen LogP contribution in [0.4, 0.5) is 0 Å². The molecule has 1 aliphatic rings. The maximum absolute atomic E-state index is 5.59. The fourth-order valence-electron chi connectivity index (χ4n) is 1.79. The van der Waals surface area contributed by atoms with Gasteiger partial charge in [-0.05, 0) is 31.9 Å². The summed E-state index contributed by atoms with van der Waals surface area (Å²) in [5.74, 6) is 1.41. The summed E-state index contributed by atoms with van der Waals surface area (Å²) in [6.45, 7) is 3.91. The Morgan fingerprint density at radius 2 is 2.58 bits per heavy atom. The zero-order chi connectivity index (χ0) is 8.55. The van der Waals surface area contributed by atoms with E-state index in [9.17, 15) is 0 Å². The van der Waals surface area contributed by atoms with Crippen LogP contribution in [-0.2, 0) is 6.54 Å². The Morgan fingerprint density at radius 1 is 1.75 bits per heavy atom. The molecule has 0 bridgehead atoms. The van der Waals surface area contributed by atoms with Gasteiger partial charge in [-0.3, -0.25) is 4.68 Å². The number of nitrogens with zero attached hydrogens (tertiary/aromatic N) is 2. The van der Waals surface area contributed by atoms with Crippen molar-refractivity contribution in [1.82, 2.24) is 9.78 Å². The van der Waals surface area contributed by atoms with Gasteiger partial charge in [0, 0.05) is 24.4 Å². The maximum atomic E-state index is 5.59. The van der Waals surface area contributed by atoms with E-state index in [1.54, 1.807) is 0 Å².